The SMILES string of the molecule is O=C(Cn1ncc(=O)c2ccccc21)N1CCN(Cc2cccc([N+](=O)[O-])c2)CC1. The fraction of sp³-hybridized carbons (Fsp3) is 0.286. The van der Waals surface area contributed by atoms with Gasteiger partial charge in [-0.15, -0.1) is 0 Å². The lowest BCUT2D eigenvalue weighted by Gasteiger charge is -2.34. The number of nitro benzene ring substituents is 1. The highest BCUT2D eigenvalue weighted by Gasteiger charge is 2.22. The molecule has 2 aromatic carbocycles. The predicted octanol–water partition coefficient (Wildman–Crippen LogP) is 1.65. The van der Waals surface area contributed by atoms with Gasteiger partial charge < -0.3 is 4.90 Å². The van der Waals surface area contributed by atoms with E-state index in [1.807, 2.05) is 12.1 Å². The molecule has 0 spiro atoms. The molecule has 0 aliphatic carbocycles. The maximum atomic E-state index is 12.8. The molecule has 3 aromatic rings. The van der Waals surface area contributed by atoms with Crippen molar-refractivity contribution in [3.8, 4) is 0 Å². The van der Waals surface area contributed by atoms with Gasteiger partial charge in [0, 0.05) is 50.2 Å². The minimum absolute atomic E-state index is 0.0497. The molecule has 0 radical (unpaired) electrons. The monoisotopic (exact) mass is 407 g/mol. The molecule has 1 aliphatic rings. The van der Waals surface area contributed by atoms with Gasteiger partial charge in [-0.2, -0.15) is 5.10 Å². The Morgan fingerprint density at radius 1 is 1.07 bits per heavy atom. The minimum Gasteiger partial charge on any atom is -0.339 e. The average Bonchev–Trinajstić information content (AvgIpc) is 2.76. The van der Waals surface area contributed by atoms with Gasteiger partial charge in [-0.25, -0.2) is 0 Å². The van der Waals surface area contributed by atoms with Gasteiger partial charge in [-0.05, 0) is 17.7 Å². The smallest absolute Gasteiger partial charge is 0.269 e. The Labute approximate surface area is 172 Å². The Balaban J connectivity index is 1.37. The van der Waals surface area contributed by atoms with Gasteiger partial charge in [0.25, 0.3) is 5.69 Å². The van der Waals surface area contributed by atoms with Crippen LogP contribution in [0.3, 0.4) is 0 Å². The largest absolute Gasteiger partial charge is 0.339 e. The lowest BCUT2D eigenvalue weighted by atomic mass is 10.1. The van der Waals surface area contributed by atoms with Crippen LogP contribution in [0.1, 0.15) is 5.56 Å². The average molecular weight is 407 g/mol. The summed E-state index contributed by atoms with van der Waals surface area (Å²) < 4.78 is 1.56. The molecule has 1 aromatic heterocycles. The number of amides is 1. The second-order valence-electron chi connectivity index (χ2n) is 7.27. The fourth-order valence-electron chi connectivity index (χ4n) is 3.70. The number of hydrogen-bond acceptors (Lipinski definition) is 6. The summed E-state index contributed by atoms with van der Waals surface area (Å²) in [6.45, 7) is 3.21. The minimum atomic E-state index is -0.394. The molecule has 1 saturated heterocycles. The van der Waals surface area contributed by atoms with E-state index in [1.165, 1.54) is 12.3 Å². The molecule has 0 saturated carbocycles. The van der Waals surface area contributed by atoms with Crippen molar-refractivity contribution in [2.45, 2.75) is 13.1 Å². The zero-order chi connectivity index (χ0) is 21.1. The summed E-state index contributed by atoms with van der Waals surface area (Å²) >= 11 is 0. The maximum absolute atomic E-state index is 12.8. The second kappa shape index (κ2) is 8.42. The summed E-state index contributed by atoms with van der Waals surface area (Å²) in [6.07, 6.45) is 1.24. The number of nitro groups is 1. The van der Waals surface area contributed by atoms with Gasteiger partial charge in [0.2, 0.25) is 11.3 Å². The summed E-state index contributed by atoms with van der Waals surface area (Å²) in [4.78, 5) is 39.2. The molecule has 30 heavy (non-hydrogen) atoms. The van der Waals surface area contributed by atoms with E-state index in [1.54, 1.807) is 39.9 Å². The van der Waals surface area contributed by atoms with E-state index in [2.05, 4.69) is 10.00 Å². The normalized spacial score (nSPS) is 14.7. The van der Waals surface area contributed by atoms with Crippen molar-refractivity contribution in [1.82, 2.24) is 19.6 Å². The van der Waals surface area contributed by atoms with Gasteiger partial charge in [0.15, 0.2) is 0 Å². The van der Waals surface area contributed by atoms with Crippen LogP contribution in [0, 0.1) is 10.1 Å². The lowest BCUT2D eigenvalue weighted by Crippen LogP contribution is -2.49. The van der Waals surface area contributed by atoms with Crippen LogP contribution >= 0.6 is 0 Å². The Hall–Kier alpha value is -3.59. The third-order valence-electron chi connectivity index (χ3n) is 5.30. The van der Waals surface area contributed by atoms with Gasteiger partial charge in [-0.3, -0.25) is 29.3 Å². The molecule has 4 rings (SSSR count). The van der Waals surface area contributed by atoms with Crippen LogP contribution in [0.25, 0.3) is 10.9 Å². The summed E-state index contributed by atoms with van der Waals surface area (Å²) in [7, 11) is 0. The van der Waals surface area contributed by atoms with Crippen LogP contribution in [0.4, 0.5) is 5.69 Å². The first-order valence-electron chi connectivity index (χ1n) is 9.69. The first-order chi connectivity index (χ1) is 14.5. The zero-order valence-corrected chi connectivity index (χ0v) is 16.3. The number of benzene rings is 2. The predicted molar refractivity (Wildman–Crippen MR) is 111 cm³/mol. The van der Waals surface area contributed by atoms with E-state index in [-0.39, 0.29) is 23.6 Å². The maximum Gasteiger partial charge on any atom is 0.269 e. The lowest BCUT2D eigenvalue weighted by molar-refractivity contribution is -0.384. The van der Waals surface area contributed by atoms with Crippen molar-refractivity contribution < 1.29 is 9.72 Å². The van der Waals surface area contributed by atoms with Crippen molar-refractivity contribution >= 4 is 22.5 Å². The molecule has 0 unspecified atom stereocenters. The first kappa shape index (κ1) is 19.7. The number of fused-ring (bicyclic) bond motifs is 1. The third kappa shape index (κ3) is 4.20. The summed E-state index contributed by atoms with van der Waals surface area (Å²) in [5.41, 5.74) is 1.45. The van der Waals surface area contributed by atoms with E-state index < -0.39 is 4.92 Å². The second-order valence-corrected chi connectivity index (χ2v) is 7.27. The summed E-state index contributed by atoms with van der Waals surface area (Å²) in [5.74, 6) is -0.0497. The van der Waals surface area contributed by atoms with E-state index in [9.17, 15) is 19.7 Å². The number of carbonyl (C=O) groups excluding carboxylic acids is 1. The van der Waals surface area contributed by atoms with Gasteiger partial charge in [-0.1, -0.05) is 24.3 Å². The first-order valence-corrected chi connectivity index (χ1v) is 9.69. The topological polar surface area (TPSA) is 102 Å². The van der Waals surface area contributed by atoms with Gasteiger partial charge in [0.05, 0.1) is 16.6 Å². The number of carbonyl (C=O) groups is 1. The van der Waals surface area contributed by atoms with Crippen LogP contribution in [0.15, 0.2) is 59.5 Å². The van der Waals surface area contributed by atoms with Crippen molar-refractivity contribution in [2.75, 3.05) is 26.2 Å². The number of non-ortho nitro benzene ring substituents is 1. The quantitative estimate of drug-likeness (QED) is 0.471. The number of aromatic nitrogens is 2. The van der Waals surface area contributed by atoms with E-state index in [4.69, 9.17) is 0 Å². The van der Waals surface area contributed by atoms with Gasteiger partial charge in [0.1, 0.15) is 6.54 Å². The number of para-hydroxylation sites is 1. The summed E-state index contributed by atoms with van der Waals surface area (Å²) in [5, 5.41) is 15.6. The van der Waals surface area contributed by atoms with Crippen LogP contribution in [-0.4, -0.2) is 56.6 Å². The van der Waals surface area contributed by atoms with Gasteiger partial charge >= 0.3 is 0 Å². The molecule has 0 atom stereocenters. The number of piperazine rings is 1. The fourth-order valence-corrected chi connectivity index (χ4v) is 3.70. The third-order valence-corrected chi connectivity index (χ3v) is 5.30. The molecular weight excluding hydrogens is 386 g/mol. The van der Waals surface area contributed by atoms with Crippen molar-refractivity contribution in [3.63, 3.8) is 0 Å². The molecule has 9 nitrogen and oxygen atoms in total. The molecule has 0 bridgehead atoms. The van der Waals surface area contributed by atoms with Crippen molar-refractivity contribution in [3.05, 3.63) is 80.6 Å². The van der Waals surface area contributed by atoms with Crippen LogP contribution < -0.4 is 5.43 Å². The molecule has 1 aliphatic heterocycles. The highest BCUT2D eigenvalue weighted by molar-refractivity contribution is 5.81. The Kier molecular flexibility index (Phi) is 5.53. The van der Waals surface area contributed by atoms with E-state index in [0.717, 1.165) is 5.56 Å². The Morgan fingerprint density at radius 2 is 1.83 bits per heavy atom. The van der Waals surface area contributed by atoms with Crippen molar-refractivity contribution in [2.24, 2.45) is 0 Å². The molecule has 1 fully saturated rings. The molecule has 2 heterocycles. The van der Waals surface area contributed by atoms with E-state index >= 15 is 0 Å². The number of rotatable bonds is 5. The molecular formula is C21H21N5O4. The van der Waals surface area contributed by atoms with E-state index in [0.29, 0.717) is 43.6 Å². The Morgan fingerprint density at radius 3 is 2.60 bits per heavy atom. The Bertz CT molecular complexity index is 1150. The number of nitrogens with zero attached hydrogens (tertiary/aromatic N) is 5. The highest BCUT2D eigenvalue weighted by Crippen LogP contribution is 2.16. The highest BCUT2D eigenvalue weighted by atomic mass is 16.6. The van der Waals surface area contributed by atoms with Crippen molar-refractivity contribution in [1.29, 1.82) is 0 Å². The zero-order valence-electron chi connectivity index (χ0n) is 16.3. The van der Waals surface area contributed by atoms with Crippen LogP contribution in [-0.2, 0) is 17.9 Å². The number of hydrogen-bond donors (Lipinski definition) is 0. The summed E-state index contributed by atoms with van der Waals surface area (Å²) in [6, 6.07) is 13.8. The van der Waals surface area contributed by atoms with Crippen LogP contribution in [0.5, 0.6) is 0 Å². The molecule has 9 heteroatoms. The van der Waals surface area contributed by atoms with Crippen LogP contribution in [0.2, 0.25) is 0 Å². The standard InChI is InChI=1S/C21H21N5O4/c27-20-13-22-25(19-7-2-1-6-18(19)20)15-21(28)24-10-8-23(9-11-24)14-16-4-3-5-17(12-16)26(29)30/h1-7,12-13H,8-11,14-15H2. The molecule has 0 N–H and O–H groups in total. The molecule has 1 amide bonds. The molecule has 154 valence electrons.